The van der Waals surface area contributed by atoms with Gasteiger partial charge in [0.15, 0.2) is 5.11 Å². The normalized spacial score (nSPS) is 15.7. The van der Waals surface area contributed by atoms with E-state index in [1.54, 1.807) is 59.3 Å². The Morgan fingerprint density at radius 2 is 1.76 bits per heavy atom. The number of hydrogen-bond donors (Lipinski definition) is 1. The number of nitrogens with one attached hydrogen (secondary N) is 1. The van der Waals surface area contributed by atoms with Crippen LogP contribution in [0, 0.1) is 5.82 Å². The predicted molar refractivity (Wildman–Crippen MR) is 113 cm³/mol. The maximum atomic E-state index is 13.2. The Labute approximate surface area is 176 Å². The first-order valence-corrected chi connectivity index (χ1v) is 9.33. The lowest BCUT2D eigenvalue weighted by Gasteiger charge is -2.29. The lowest BCUT2D eigenvalue weighted by atomic mass is 10.1. The lowest BCUT2D eigenvalue weighted by Crippen LogP contribution is -2.54. The smallest absolute Gasteiger partial charge is 0.270 e. The van der Waals surface area contributed by atoms with Crippen molar-refractivity contribution in [2.24, 2.45) is 0 Å². The molecule has 2 amide bonds. The van der Waals surface area contributed by atoms with Crippen LogP contribution in [0.15, 0.2) is 72.4 Å². The molecule has 4 rings (SSSR count). The molecule has 1 saturated heterocycles. The van der Waals surface area contributed by atoms with Crippen LogP contribution in [-0.4, -0.2) is 21.5 Å². The van der Waals surface area contributed by atoms with E-state index in [2.05, 4.69) is 5.32 Å². The van der Waals surface area contributed by atoms with Gasteiger partial charge in [0.2, 0.25) is 0 Å². The van der Waals surface area contributed by atoms with Gasteiger partial charge in [0.1, 0.15) is 11.4 Å². The van der Waals surface area contributed by atoms with Crippen LogP contribution in [0.1, 0.15) is 5.69 Å². The minimum absolute atomic E-state index is 0.0201. The summed E-state index contributed by atoms with van der Waals surface area (Å²) in [5.74, 6) is -1.51. The van der Waals surface area contributed by atoms with E-state index in [1.165, 1.54) is 23.1 Å². The second-order valence-corrected chi connectivity index (χ2v) is 7.04. The van der Waals surface area contributed by atoms with Gasteiger partial charge in [-0.3, -0.25) is 19.8 Å². The molecule has 1 aliphatic heterocycles. The van der Waals surface area contributed by atoms with Gasteiger partial charge >= 0.3 is 0 Å². The Morgan fingerprint density at radius 3 is 2.48 bits per heavy atom. The van der Waals surface area contributed by atoms with Crippen molar-refractivity contribution in [3.8, 4) is 5.69 Å². The fourth-order valence-electron chi connectivity index (χ4n) is 3.00. The minimum Gasteiger partial charge on any atom is -0.317 e. The van der Waals surface area contributed by atoms with Crippen LogP contribution in [0.4, 0.5) is 10.1 Å². The maximum Gasteiger partial charge on any atom is 0.270 e. The highest BCUT2D eigenvalue weighted by atomic mass is 35.5. The quantitative estimate of drug-likeness (QED) is 0.390. The van der Waals surface area contributed by atoms with Gasteiger partial charge in [0.25, 0.3) is 11.8 Å². The number of hydrogen-bond acceptors (Lipinski definition) is 3. The van der Waals surface area contributed by atoms with Crippen molar-refractivity contribution < 1.29 is 14.0 Å². The second-order valence-electron chi connectivity index (χ2n) is 6.22. The third-order valence-corrected chi connectivity index (χ3v) is 4.87. The third kappa shape index (κ3) is 3.70. The number of amides is 2. The zero-order valence-corrected chi connectivity index (χ0v) is 16.4. The van der Waals surface area contributed by atoms with E-state index in [9.17, 15) is 14.0 Å². The highest BCUT2D eigenvalue weighted by Gasteiger charge is 2.34. The Kier molecular flexibility index (Phi) is 5.00. The summed E-state index contributed by atoms with van der Waals surface area (Å²) >= 11 is 11.2. The monoisotopic (exact) mass is 425 g/mol. The lowest BCUT2D eigenvalue weighted by molar-refractivity contribution is -0.122. The molecule has 2 aromatic carbocycles. The van der Waals surface area contributed by atoms with E-state index in [0.717, 1.165) is 0 Å². The number of rotatable bonds is 3. The van der Waals surface area contributed by atoms with Crippen molar-refractivity contribution in [1.82, 2.24) is 9.88 Å². The predicted octanol–water partition coefficient (Wildman–Crippen LogP) is 4.10. The van der Waals surface area contributed by atoms with E-state index in [0.29, 0.717) is 22.1 Å². The zero-order chi connectivity index (χ0) is 20.5. The fraction of sp³-hybridized carbons (Fsp3) is 0. The Bertz CT molecular complexity index is 1170. The molecule has 0 bridgehead atoms. The summed E-state index contributed by atoms with van der Waals surface area (Å²) in [4.78, 5) is 26.8. The van der Waals surface area contributed by atoms with Crippen LogP contribution in [0.5, 0.6) is 0 Å². The van der Waals surface area contributed by atoms with Gasteiger partial charge in [-0.2, -0.15) is 0 Å². The van der Waals surface area contributed by atoms with Crippen LogP contribution in [0.2, 0.25) is 5.02 Å². The molecule has 1 aromatic heterocycles. The van der Waals surface area contributed by atoms with Crippen molar-refractivity contribution in [1.29, 1.82) is 0 Å². The van der Waals surface area contributed by atoms with Crippen molar-refractivity contribution in [2.45, 2.75) is 0 Å². The van der Waals surface area contributed by atoms with E-state index < -0.39 is 11.8 Å². The standard InChI is InChI=1S/C21H13ClFN3O2S/c22-13-3-1-4-17(11-13)26-20(28)18(19(27)24-21(26)29)12-16-5-2-10-25(16)15-8-6-14(23)7-9-15/h1-12H,(H,24,27,29)/b18-12+. The van der Waals surface area contributed by atoms with Gasteiger partial charge in [-0.25, -0.2) is 4.39 Å². The van der Waals surface area contributed by atoms with Gasteiger partial charge in [-0.05, 0) is 72.9 Å². The average Bonchev–Trinajstić information content (AvgIpc) is 3.14. The number of carbonyl (C=O) groups excluding carboxylic acids is 2. The number of thiocarbonyl (C=S) groups is 1. The van der Waals surface area contributed by atoms with Gasteiger partial charge < -0.3 is 4.57 Å². The maximum absolute atomic E-state index is 13.2. The Balaban J connectivity index is 1.75. The molecule has 0 radical (unpaired) electrons. The highest BCUT2D eigenvalue weighted by molar-refractivity contribution is 7.80. The molecule has 1 N–H and O–H groups in total. The summed E-state index contributed by atoms with van der Waals surface area (Å²) < 4.78 is 15.0. The molecule has 8 heteroatoms. The highest BCUT2D eigenvalue weighted by Crippen LogP contribution is 2.25. The first kappa shape index (κ1) is 19.0. The first-order valence-electron chi connectivity index (χ1n) is 8.54. The van der Waals surface area contributed by atoms with Crippen LogP contribution in [-0.2, 0) is 9.59 Å². The molecule has 1 fully saturated rings. The van der Waals surface area contributed by atoms with E-state index in [4.69, 9.17) is 23.8 Å². The Morgan fingerprint density at radius 1 is 1.00 bits per heavy atom. The molecule has 5 nitrogen and oxygen atoms in total. The van der Waals surface area contributed by atoms with Crippen LogP contribution in [0.3, 0.4) is 0 Å². The number of aromatic nitrogens is 1. The summed E-state index contributed by atoms with van der Waals surface area (Å²) in [5, 5.41) is 2.95. The van der Waals surface area contributed by atoms with E-state index in [1.807, 2.05) is 0 Å². The molecule has 2 heterocycles. The molecule has 0 unspecified atom stereocenters. The van der Waals surface area contributed by atoms with Crippen LogP contribution < -0.4 is 10.2 Å². The molecule has 0 aliphatic carbocycles. The largest absolute Gasteiger partial charge is 0.317 e. The number of carbonyl (C=O) groups is 2. The summed E-state index contributed by atoms with van der Waals surface area (Å²) in [6, 6.07) is 16.0. The minimum atomic E-state index is -0.592. The summed E-state index contributed by atoms with van der Waals surface area (Å²) in [5.41, 5.74) is 1.64. The molecular weight excluding hydrogens is 413 g/mol. The summed E-state index contributed by atoms with van der Waals surface area (Å²) in [6.45, 7) is 0. The topological polar surface area (TPSA) is 54.3 Å². The number of benzene rings is 2. The van der Waals surface area contributed by atoms with Crippen molar-refractivity contribution in [2.75, 3.05) is 4.90 Å². The van der Waals surface area contributed by atoms with Crippen molar-refractivity contribution in [3.05, 3.63) is 89.0 Å². The van der Waals surface area contributed by atoms with Crippen LogP contribution in [0.25, 0.3) is 11.8 Å². The molecule has 144 valence electrons. The van der Waals surface area contributed by atoms with Gasteiger partial charge in [-0.1, -0.05) is 17.7 Å². The van der Waals surface area contributed by atoms with Crippen LogP contribution >= 0.6 is 23.8 Å². The van der Waals surface area contributed by atoms with Gasteiger partial charge in [-0.15, -0.1) is 0 Å². The fourth-order valence-corrected chi connectivity index (χ4v) is 3.47. The van der Waals surface area contributed by atoms with E-state index >= 15 is 0 Å². The number of halogens is 2. The van der Waals surface area contributed by atoms with E-state index in [-0.39, 0.29) is 16.5 Å². The number of anilines is 1. The molecule has 1 aliphatic rings. The molecule has 0 spiro atoms. The second kappa shape index (κ2) is 7.62. The molecular formula is C21H13ClFN3O2S. The van der Waals surface area contributed by atoms with Gasteiger partial charge in [0.05, 0.1) is 5.69 Å². The van der Waals surface area contributed by atoms with Crippen molar-refractivity contribution in [3.63, 3.8) is 0 Å². The average molecular weight is 426 g/mol. The summed E-state index contributed by atoms with van der Waals surface area (Å²) in [7, 11) is 0. The van der Waals surface area contributed by atoms with Crippen molar-refractivity contribution >= 4 is 52.5 Å². The van der Waals surface area contributed by atoms with Gasteiger partial charge in [0, 0.05) is 22.6 Å². The molecule has 0 saturated carbocycles. The Hall–Kier alpha value is -3.29. The molecule has 3 aromatic rings. The molecule has 29 heavy (non-hydrogen) atoms. The number of nitrogens with zero attached hydrogens (tertiary/aromatic N) is 2. The zero-order valence-electron chi connectivity index (χ0n) is 14.8. The molecule has 0 atom stereocenters. The first-order chi connectivity index (χ1) is 13.9. The summed E-state index contributed by atoms with van der Waals surface area (Å²) in [6.07, 6.45) is 3.23. The SMILES string of the molecule is O=C1NC(=S)N(c2cccc(Cl)c2)C(=O)/C1=C/c1cccn1-c1ccc(F)cc1. The third-order valence-electron chi connectivity index (χ3n) is 4.35.